The zero-order valence-electron chi connectivity index (χ0n) is 11.8. The van der Waals surface area contributed by atoms with E-state index in [1.807, 2.05) is 6.08 Å². The Labute approximate surface area is 126 Å². The molecule has 1 aliphatic heterocycles. The number of halogens is 1. The molecule has 3 rings (SSSR count). The van der Waals surface area contributed by atoms with Gasteiger partial charge in [-0.25, -0.2) is 9.18 Å². The van der Waals surface area contributed by atoms with Gasteiger partial charge in [0.15, 0.2) is 0 Å². The molecule has 0 bridgehead atoms. The second-order valence-electron chi connectivity index (χ2n) is 4.79. The van der Waals surface area contributed by atoms with Gasteiger partial charge in [-0.05, 0) is 42.0 Å². The summed E-state index contributed by atoms with van der Waals surface area (Å²) in [6.45, 7) is 0.356. The zero-order valence-corrected chi connectivity index (χ0v) is 11.8. The van der Waals surface area contributed by atoms with Crippen molar-refractivity contribution in [3.8, 4) is 11.5 Å². The van der Waals surface area contributed by atoms with Crippen LogP contribution in [0.1, 0.15) is 21.5 Å². The molecule has 0 amide bonds. The summed E-state index contributed by atoms with van der Waals surface area (Å²) in [4.78, 5) is 11.2. The summed E-state index contributed by atoms with van der Waals surface area (Å²) >= 11 is 0. The maximum absolute atomic E-state index is 13.4. The van der Waals surface area contributed by atoms with Crippen LogP contribution in [-0.2, 0) is 0 Å². The van der Waals surface area contributed by atoms with Crippen LogP contribution < -0.4 is 9.47 Å². The minimum absolute atomic E-state index is 0.163. The Hall–Kier alpha value is -2.82. The lowest BCUT2D eigenvalue weighted by molar-refractivity contribution is 0.0697. The van der Waals surface area contributed by atoms with E-state index in [-0.39, 0.29) is 5.56 Å². The van der Waals surface area contributed by atoms with Crippen molar-refractivity contribution in [3.63, 3.8) is 0 Å². The fourth-order valence-corrected chi connectivity index (χ4v) is 2.47. The molecule has 0 unspecified atom stereocenters. The summed E-state index contributed by atoms with van der Waals surface area (Å²) in [6.07, 6.45) is 1.82. The fourth-order valence-electron chi connectivity index (χ4n) is 2.47. The molecule has 1 heterocycles. The molecule has 0 spiro atoms. The lowest BCUT2D eigenvalue weighted by atomic mass is 9.93. The molecule has 22 heavy (non-hydrogen) atoms. The lowest BCUT2D eigenvalue weighted by Crippen LogP contribution is -2.08. The van der Waals surface area contributed by atoms with Crippen molar-refractivity contribution in [2.45, 2.75) is 0 Å². The Morgan fingerprint density at radius 3 is 2.77 bits per heavy atom. The molecule has 0 aromatic heterocycles. The lowest BCUT2D eigenvalue weighted by Gasteiger charge is -2.21. The molecule has 0 aliphatic carbocycles. The van der Waals surface area contributed by atoms with E-state index in [1.165, 1.54) is 25.3 Å². The highest BCUT2D eigenvalue weighted by Gasteiger charge is 2.20. The first-order valence-electron chi connectivity index (χ1n) is 6.64. The molecular weight excluding hydrogens is 287 g/mol. The van der Waals surface area contributed by atoms with E-state index >= 15 is 0 Å². The molecule has 1 aliphatic rings. The van der Waals surface area contributed by atoms with Crippen LogP contribution in [0.15, 0.2) is 42.5 Å². The van der Waals surface area contributed by atoms with Crippen molar-refractivity contribution < 1.29 is 23.8 Å². The number of ether oxygens (including phenoxy) is 2. The Morgan fingerprint density at radius 1 is 1.23 bits per heavy atom. The average Bonchev–Trinajstić information content (AvgIpc) is 2.53. The number of hydrogen-bond donors (Lipinski definition) is 1. The topological polar surface area (TPSA) is 55.8 Å². The molecule has 0 atom stereocenters. The third-order valence-electron chi connectivity index (χ3n) is 3.50. The van der Waals surface area contributed by atoms with Crippen molar-refractivity contribution in [1.29, 1.82) is 0 Å². The van der Waals surface area contributed by atoms with E-state index < -0.39 is 11.8 Å². The number of carboxylic acid groups (broad SMARTS) is 1. The molecule has 5 heteroatoms. The number of methoxy groups -OCH3 is 1. The van der Waals surface area contributed by atoms with Gasteiger partial charge in [0.05, 0.1) is 12.7 Å². The predicted molar refractivity (Wildman–Crippen MR) is 78.9 cm³/mol. The smallest absolute Gasteiger partial charge is 0.335 e. The monoisotopic (exact) mass is 300 g/mol. The van der Waals surface area contributed by atoms with Gasteiger partial charge in [0.1, 0.15) is 23.9 Å². The summed E-state index contributed by atoms with van der Waals surface area (Å²) in [7, 11) is 1.47. The molecule has 112 valence electrons. The molecule has 0 saturated heterocycles. The third-order valence-corrected chi connectivity index (χ3v) is 3.50. The second kappa shape index (κ2) is 5.52. The van der Waals surface area contributed by atoms with Crippen molar-refractivity contribution >= 4 is 11.5 Å². The van der Waals surface area contributed by atoms with Gasteiger partial charge in [-0.1, -0.05) is 0 Å². The van der Waals surface area contributed by atoms with Crippen LogP contribution in [0.4, 0.5) is 4.39 Å². The Balaban J connectivity index is 2.16. The van der Waals surface area contributed by atoms with Gasteiger partial charge >= 0.3 is 5.97 Å². The first-order valence-corrected chi connectivity index (χ1v) is 6.64. The standard InChI is InChI=1S/C17H13FO4/c1-21-16-9-11(18)3-4-13(16)12-6-7-22-15-5-2-10(17(19)20)8-14(12)15/h2-6,8-9H,7H2,1H3,(H,19,20). The fraction of sp³-hybridized carbons (Fsp3) is 0.118. The zero-order chi connectivity index (χ0) is 15.7. The van der Waals surface area contributed by atoms with E-state index in [2.05, 4.69) is 0 Å². The normalized spacial score (nSPS) is 12.9. The van der Waals surface area contributed by atoms with Gasteiger partial charge in [-0.3, -0.25) is 0 Å². The van der Waals surface area contributed by atoms with Gasteiger partial charge < -0.3 is 14.6 Å². The minimum Gasteiger partial charge on any atom is -0.496 e. The number of aromatic carboxylic acids is 1. The molecule has 0 saturated carbocycles. The highest BCUT2D eigenvalue weighted by Crippen LogP contribution is 2.38. The largest absolute Gasteiger partial charge is 0.496 e. The summed E-state index contributed by atoms with van der Waals surface area (Å²) in [5.74, 6) is -0.430. The number of hydrogen-bond acceptors (Lipinski definition) is 3. The average molecular weight is 300 g/mol. The number of rotatable bonds is 3. The van der Waals surface area contributed by atoms with E-state index in [9.17, 15) is 9.18 Å². The highest BCUT2D eigenvalue weighted by molar-refractivity contribution is 5.92. The number of benzene rings is 2. The van der Waals surface area contributed by atoms with Gasteiger partial charge in [-0.15, -0.1) is 0 Å². The summed E-state index contributed by atoms with van der Waals surface area (Å²) in [5, 5.41) is 9.15. The number of carbonyl (C=O) groups is 1. The van der Waals surface area contributed by atoms with Gasteiger partial charge in [0, 0.05) is 17.2 Å². The Morgan fingerprint density at radius 2 is 2.05 bits per heavy atom. The quantitative estimate of drug-likeness (QED) is 0.944. The molecule has 0 fully saturated rings. The highest BCUT2D eigenvalue weighted by atomic mass is 19.1. The molecule has 1 N–H and O–H groups in total. The first kappa shape index (κ1) is 14.1. The van der Waals surface area contributed by atoms with Crippen molar-refractivity contribution in [2.75, 3.05) is 13.7 Å². The summed E-state index contributed by atoms with van der Waals surface area (Å²) < 4.78 is 24.1. The maximum Gasteiger partial charge on any atom is 0.335 e. The van der Waals surface area contributed by atoms with Crippen LogP contribution in [0, 0.1) is 5.82 Å². The van der Waals surface area contributed by atoms with Crippen LogP contribution in [0.5, 0.6) is 11.5 Å². The third kappa shape index (κ3) is 2.41. The second-order valence-corrected chi connectivity index (χ2v) is 4.79. The van der Waals surface area contributed by atoms with Gasteiger partial charge in [-0.2, -0.15) is 0 Å². The molecule has 4 nitrogen and oxygen atoms in total. The Kier molecular flexibility index (Phi) is 3.55. The van der Waals surface area contributed by atoms with Crippen LogP contribution in [0.2, 0.25) is 0 Å². The number of carboxylic acids is 1. The Bertz CT molecular complexity index is 780. The molecule has 0 radical (unpaired) electrons. The molecule has 2 aromatic rings. The number of fused-ring (bicyclic) bond motifs is 1. The first-order chi connectivity index (χ1) is 10.6. The van der Waals surface area contributed by atoms with E-state index in [0.29, 0.717) is 29.2 Å². The van der Waals surface area contributed by atoms with Crippen LogP contribution in [0.25, 0.3) is 5.57 Å². The molecule has 2 aromatic carbocycles. The van der Waals surface area contributed by atoms with E-state index in [0.717, 1.165) is 5.57 Å². The van der Waals surface area contributed by atoms with Gasteiger partial charge in [0.2, 0.25) is 0 Å². The predicted octanol–water partition coefficient (Wildman–Crippen LogP) is 3.36. The van der Waals surface area contributed by atoms with Crippen molar-refractivity contribution in [1.82, 2.24) is 0 Å². The van der Waals surface area contributed by atoms with E-state index in [4.69, 9.17) is 14.6 Å². The van der Waals surface area contributed by atoms with Crippen LogP contribution in [-0.4, -0.2) is 24.8 Å². The maximum atomic E-state index is 13.4. The minimum atomic E-state index is -1.02. The van der Waals surface area contributed by atoms with Crippen LogP contribution in [0.3, 0.4) is 0 Å². The van der Waals surface area contributed by atoms with Crippen molar-refractivity contribution in [2.24, 2.45) is 0 Å². The summed E-state index contributed by atoms with van der Waals surface area (Å²) in [6, 6.07) is 8.92. The molecular formula is C17H13FO4. The van der Waals surface area contributed by atoms with Crippen molar-refractivity contribution in [3.05, 3.63) is 65.0 Å². The van der Waals surface area contributed by atoms with Gasteiger partial charge in [0.25, 0.3) is 0 Å². The summed E-state index contributed by atoms with van der Waals surface area (Å²) in [5.41, 5.74) is 2.27. The van der Waals surface area contributed by atoms with Crippen LogP contribution >= 0.6 is 0 Å². The van der Waals surface area contributed by atoms with E-state index in [1.54, 1.807) is 18.2 Å². The SMILES string of the molecule is COc1cc(F)ccc1C1=CCOc2ccc(C(=O)O)cc21.